The zero-order valence-corrected chi connectivity index (χ0v) is 8.07. The van der Waals surface area contributed by atoms with Gasteiger partial charge < -0.3 is 9.64 Å². The molecule has 0 radical (unpaired) electrons. The largest absolute Gasteiger partial charge is 0.460 e. The second-order valence-electron chi connectivity index (χ2n) is 3.12. The average molecular weight is 178 g/mol. The van der Waals surface area contributed by atoms with E-state index in [9.17, 15) is 0 Å². The zero-order valence-electron chi connectivity index (χ0n) is 8.07. The Labute approximate surface area is 80.1 Å². The van der Waals surface area contributed by atoms with Crippen LogP contribution in [0.25, 0.3) is 0 Å². The molecule has 1 aromatic carbocycles. The van der Waals surface area contributed by atoms with Crippen LogP contribution in [0.2, 0.25) is 0 Å². The SMILES string of the molecule is [CH2-]N(C)CCOCc1ccccc1. The summed E-state index contributed by atoms with van der Waals surface area (Å²) in [6.07, 6.45) is 0. The molecular weight excluding hydrogens is 162 g/mol. The molecule has 0 heterocycles. The molecule has 0 fully saturated rings. The zero-order chi connectivity index (χ0) is 9.52. The molecule has 0 atom stereocenters. The number of ether oxygens (including phenoxy) is 1. The number of hydrogen-bond acceptors (Lipinski definition) is 2. The Morgan fingerprint density at radius 3 is 2.62 bits per heavy atom. The molecule has 0 spiro atoms. The maximum absolute atomic E-state index is 5.45. The molecule has 0 N–H and O–H groups in total. The van der Waals surface area contributed by atoms with Crippen LogP contribution in [0.5, 0.6) is 0 Å². The van der Waals surface area contributed by atoms with Crippen LogP contribution in [0.3, 0.4) is 0 Å². The molecule has 13 heavy (non-hydrogen) atoms. The van der Waals surface area contributed by atoms with Crippen LogP contribution < -0.4 is 0 Å². The van der Waals surface area contributed by atoms with E-state index >= 15 is 0 Å². The minimum absolute atomic E-state index is 0.689. The van der Waals surface area contributed by atoms with Crippen molar-refractivity contribution in [2.75, 3.05) is 20.2 Å². The Balaban J connectivity index is 2.13. The summed E-state index contributed by atoms with van der Waals surface area (Å²) in [6.45, 7) is 2.29. The van der Waals surface area contributed by atoms with Gasteiger partial charge >= 0.3 is 0 Å². The van der Waals surface area contributed by atoms with Crippen LogP contribution in [0.1, 0.15) is 5.56 Å². The third-order valence-corrected chi connectivity index (χ3v) is 1.73. The maximum Gasteiger partial charge on any atom is 0.0717 e. The standard InChI is InChI=1S/C11H16NO/c1-12(2)8-9-13-10-11-6-4-3-5-7-11/h3-7H,1,8-10H2,2H3/q-1. The van der Waals surface area contributed by atoms with E-state index in [4.69, 9.17) is 4.74 Å². The summed E-state index contributed by atoms with van der Waals surface area (Å²) in [5, 5.41) is 0. The number of likely N-dealkylation sites (N-methyl/N-ethyl adjacent to an activating group) is 1. The number of hydrogen-bond donors (Lipinski definition) is 0. The minimum Gasteiger partial charge on any atom is -0.460 e. The van der Waals surface area contributed by atoms with Gasteiger partial charge in [-0.15, -0.1) is 0 Å². The molecule has 0 bridgehead atoms. The fraction of sp³-hybridized carbons (Fsp3) is 0.364. The van der Waals surface area contributed by atoms with E-state index < -0.39 is 0 Å². The fourth-order valence-corrected chi connectivity index (χ4v) is 0.985. The van der Waals surface area contributed by atoms with Crippen LogP contribution in [0.4, 0.5) is 0 Å². The van der Waals surface area contributed by atoms with Gasteiger partial charge in [-0.1, -0.05) is 30.3 Å². The van der Waals surface area contributed by atoms with Crippen LogP contribution in [0, 0.1) is 7.05 Å². The number of rotatable bonds is 5. The van der Waals surface area contributed by atoms with E-state index in [1.54, 1.807) is 0 Å². The van der Waals surface area contributed by atoms with Crippen molar-refractivity contribution in [1.29, 1.82) is 0 Å². The lowest BCUT2D eigenvalue weighted by atomic mass is 10.2. The van der Waals surface area contributed by atoms with Gasteiger partial charge in [-0.3, -0.25) is 7.05 Å². The Morgan fingerprint density at radius 2 is 2.00 bits per heavy atom. The van der Waals surface area contributed by atoms with Crippen molar-refractivity contribution in [3.63, 3.8) is 0 Å². The highest BCUT2D eigenvalue weighted by Crippen LogP contribution is 1.99. The van der Waals surface area contributed by atoms with Gasteiger partial charge in [0.2, 0.25) is 0 Å². The van der Waals surface area contributed by atoms with Crippen molar-refractivity contribution in [3.8, 4) is 0 Å². The molecule has 2 heteroatoms. The Hall–Kier alpha value is -0.860. The van der Waals surface area contributed by atoms with Crippen molar-refractivity contribution in [3.05, 3.63) is 42.9 Å². The first-order valence-electron chi connectivity index (χ1n) is 4.42. The van der Waals surface area contributed by atoms with Gasteiger partial charge in [-0.05, 0) is 19.2 Å². The van der Waals surface area contributed by atoms with Crippen molar-refractivity contribution < 1.29 is 4.74 Å². The number of nitrogens with zero attached hydrogens (tertiary/aromatic N) is 1. The Bertz CT molecular complexity index is 221. The third-order valence-electron chi connectivity index (χ3n) is 1.73. The predicted molar refractivity (Wildman–Crippen MR) is 54.1 cm³/mol. The van der Waals surface area contributed by atoms with Gasteiger partial charge in [-0.2, -0.15) is 0 Å². The average Bonchev–Trinajstić information content (AvgIpc) is 2.14. The second kappa shape index (κ2) is 5.73. The van der Waals surface area contributed by atoms with Crippen LogP contribution >= 0.6 is 0 Å². The molecular formula is C11H16NO-. The molecule has 1 rings (SSSR count). The summed E-state index contributed by atoms with van der Waals surface area (Å²) < 4.78 is 5.45. The highest BCUT2D eigenvalue weighted by Gasteiger charge is 1.90. The maximum atomic E-state index is 5.45. The van der Waals surface area contributed by atoms with Crippen LogP contribution in [0.15, 0.2) is 30.3 Å². The smallest absolute Gasteiger partial charge is 0.0717 e. The summed E-state index contributed by atoms with van der Waals surface area (Å²) in [4.78, 5) is 1.87. The molecule has 0 aliphatic rings. The fourth-order valence-electron chi connectivity index (χ4n) is 0.985. The molecule has 0 aromatic heterocycles. The second-order valence-corrected chi connectivity index (χ2v) is 3.12. The Kier molecular flexibility index (Phi) is 4.50. The third kappa shape index (κ3) is 4.65. The molecule has 0 aliphatic heterocycles. The monoisotopic (exact) mass is 178 g/mol. The summed E-state index contributed by atoms with van der Waals surface area (Å²) in [5.74, 6) is 0. The van der Waals surface area contributed by atoms with Gasteiger partial charge in [0, 0.05) is 0 Å². The van der Waals surface area contributed by atoms with E-state index in [1.165, 1.54) is 5.56 Å². The summed E-state index contributed by atoms with van der Waals surface area (Å²) in [5.41, 5.74) is 1.22. The molecule has 1 aromatic rings. The molecule has 0 saturated heterocycles. The molecule has 0 saturated carbocycles. The molecule has 0 unspecified atom stereocenters. The van der Waals surface area contributed by atoms with Gasteiger partial charge in [0.05, 0.1) is 13.2 Å². The topological polar surface area (TPSA) is 12.5 Å². The van der Waals surface area contributed by atoms with Gasteiger partial charge in [0.1, 0.15) is 0 Å². The first kappa shape index (κ1) is 10.2. The van der Waals surface area contributed by atoms with Crippen molar-refractivity contribution in [1.82, 2.24) is 4.90 Å². The molecule has 72 valence electrons. The lowest BCUT2D eigenvalue weighted by molar-refractivity contribution is 0.108. The van der Waals surface area contributed by atoms with Crippen molar-refractivity contribution in [2.24, 2.45) is 0 Å². The molecule has 2 nitrogen and oxygen atoms in total. The lowest BCUT2D eigenvalue weighted by Crippen LogP contribution is -2.15. The van der Waals surface area contributed by atoms with Crippen molar-refractivity contribution in [2.45, 2.75) is 6.61 Å². The van der Waals surface area contributed by atoms with E-state index in [-0.39, 0.29) is 0 Å². The highest BCUT2D eigenvalue weighted by atomic mass is 16.5. The van der Waals surface area contributed by atoms with Crippen LogP contribution in [-0.4, -0.2) is 25.1 Å². The van der Waals surface area contributed by atoms with E-state index in [2.05, 4.69) is 19.2 Å². The van der Waals surface area contributed by atoms with Crippen molar-refractivity contribution >= 4 is 0 Å². The normalized spacial score (nSPS) is 10.7. The van der Waals surface area contributed by atoms with Gasteiger partial charge in [0.15, 0.2) is 0 Å². The van der Waals surface area contributed by atoms with E-state index in [1.807, 2.05) is 30.1 Å². The first-order valence-corrected chi connectivity index (χ1v) is 4.42. The molecule has 0 amide bonds. The summed E-state index contributed by atoms with van der Waals surface area (Å²) in [7, 11) is 5.67. The Morgan fingerprint density at radius 1 is 1.31 bits per heavy atom. The first-order chi connectivity index (χ1) is 6.29. The summed E-state index contributed by atoms with van der Waals surface area (Å²) >= 11 is 0. The minimum atomic E-state index is 0.689. The summed E-state index contributed by atoms with van der Waals surface area (Å²) in [6, 6.07) is 10.2. The highest BCUT2D eigenvalue weighted by molar-refractivity contribution is 5.13. The van der Waals surface area contributed by atoms with E-state index in [0.29, 0.717) is 6.61 Å². The molecule has 0 aliphatic carbocycles. The lowest BCUT2D eigenvalue weighted by Gasteiger charge is -2.17. The predicted octanol–water partition coefficient (Wildman–Crippen LogP) is 1.93. The van der Waals surface area contributed by atoms with E-state index in [0.717, 1.165) is 13.2 Å². The quantitative estimate of drug-likeness (QED) is 0.504. The van der Waals surface area contributed by atoms with Gasteiger partial charge in [-0.25, -0.2) is 0 Å². The number of benzene rings is 1. The van der Waals surface area contributed by atoms with Gasteiger partial charge in [0.25, 0.3) is 0 Å². The van der Waals surface area contributed by atoms with Crippen LogP contribution in [-0.2, 0) is 11.3 Å².